The molecule has 0 fully saturated rings. The molecule has 0 saturated carbocycles. The highest BCUT2D eigenvalue weighted by Gasteiger charge is 1.99. The van der Waals surface area contributed by atoms with Gasteiger partial charge in [0.15, 0.2) is 0 Å². The maximum atomic E-state index is 11.1. The van der Waals surface area contributed by atoms with Crippen LogP contribution < -0.4 is 0 Å². The lowest BCUT2D eigenvalue weighted by atomic mass is 10.1. The highest BCUT2D eigenvalue weighted by atomic mass is 16.5. The first kappa shape index (κ1) is 26.6. The second kappa shape index (κ2) is 23.4. The largest absolute Gasteiger partial charge is 0.481 e. The maximum absolute atomic E-state index is 11.1. The average molecular weight is 369 g/mol. The summed E-state index contributed by atoms with van der Waals surface area (Å²) in [6.45, 7) is 6.72. The molecule has 0 bridgehead atoms. The van der Waals surface area contributed by atoms with Crippen LogP contribution in [0.1, 0.15) is 104 Å². The lowest BCUT2D eigenvalue weighted by Gasteiger charge is -2.00. The van der Waals surface area contributed by atoms with E-state index in [4.69, 9.17) is 9.90 Å². The second-order valence-electron chi connectivity index (χ2n) is 6.51. The molecule has 0 aromatic rings. The molecule has 26 heavy (non-hydrogen) atoms. The predicted molar refractivity (Wildman–Crippen MR) is 109 cm³/mol. The van der Waals surface area contributed by atoms with E-state index in [1.165, 1.54) is 76.9 Å². The van der Waals surface area contributed by atoms with Crippen molar-refractivity contribution >= 4 is 11.9 Å². The molecule has 0 aliphatic carbocycles. The molecule has 0 rings (SSSR count). The lowest BCUT2D eigenvalue weighted by molar-refractivity contribution is -0.138. The van der Waals surface area contributed by atoms with Crippen LogP contribution in [0.5, 0.6) is 0 Å². The zero-order valence-electron chi connectivity index (χ0n) is 17.0. The van der Waals surface area contributed by atoms with Gasteiger partial charge in [-0.1, -0.05) is 77.0 Å². The molecule has 0 aliphatic heterocycles. The number of rotatable bonds is 16. The maximum Gasteiger partial charge on any atom is 0.310 e. The normalized spacial score (nSPS) is 10.2. The summed E-state index contributed by atoms with van der Waals surface area (Å²) in [5, 5.41) is 7.42. The Kier molecular flexibility index (Phi) is 24.0. The first-order valence-corrected chi connectivity index (χ1v) is 10.2. The molecule has 0 aromatic heterocycles. The van der Waals surface area contributed by atoms with E-state index < -0.39 is 5.97 Å². The van der Waals surface area contributed by atoms with Crippen molar-refractivity contribution in [1.82, 2.24) is 0 Å². The van der Waals surface area contributed by atoms with E-state index in [-0.39, 0.29) is 5.97 Å². The van der Waals surface area contributed by atoms with Crippen LogP contribution in [0, 0.1) is 0 Å². The number of hydrogen-bond donors (Lipinski definition) is 1. The Morgan fingerprint density at radius 1 is 0.846 bits per heavy atom. The number of aliphatic carboxylic acids is 1. The fourth-order valence-corrected chi connectivity index (χ4v) is 2.49. The van der Waals surface area contributed by atoms with E-state index in [1.807, 2.05) is 0 Å². The van der Waals surface area contributed by atoms with Gasteiger partial charge in [-0.25, -0.2) is 0 Å². The van der Waals surface area contributed by atoms with E-state index in [0.717, 1.165) is 19.8 Å². The van der Waals surface area contributed by atoms with Crippen molar-refractivity contribution in [3.8, 4) is 0 Å². The van der Waals surface area contributed by atoms with Gasteiger partial charge < -0.3 is 9.84 Å². The van der Waals surface area contributed by atoms with Crippen LogP contribution in [0.3, 0.4) is 0 Å². The van der Waals surface area contributed by atoms with E-state index in [0.29, 0.717) is 6.42 Å². The van der Waals surface area contributed by atoms with Crippen molar-refractivity contribution in [2.45, 2.75) is 104 Å². The van der Waals surface area contributed by atoms with Gasteiger partial charge in [-0.3, -0.25) is 9.59 Å². The number of carbonyl (C=O) groups is 2. The summed E-state index contributed by atoms with van der Waals surface area (Å²) in [6, 6.07) is 0. The Labute approximate surface area is 160 Å². The van der Waals surface area contributed by atoms with Crippen LogP contribution in [0.4, 0.5) is 0 Å². The first-order valence-electron chi connectivity index (χ1n) is 10.2. The van der Waals surface area contributed by atoms with Crippen molar-refractivity contribution in [3.05, 3.63) is 25.0 Å². The summed E-state index contributed by atoms with van der Waals surface area (Å²) in [5.74, 6) is -0.993. The lowest BCUT2D eigenvalue weighted by Crippen LogP contribution is -1.98. The summed E-state index contributed by atoms with van der Waals surface area (Å²) in [5.41, 5.74) is 0. The summed E-state index contributed by atoms with van der Waals surface area (Å²) < 4.78 is 4.68. The van der Waals surface area contributed by atoms with Gasteiger partial charge in [0.1, 0.15) is 0 Å². The van der Waals surface area contributed by atoms with Gasteiger partial charge in [0.2, 0.25) is 0 Å². The van der Waals surface area contributed by atoms with Crippen LogP contribution in [0.2, 0.25) is 0 Å². The van der Waals surface area contributed by atoms with Gasteiger partial charge >= 0.3 is 5.97 Å². The average Bonchev–Trinajstić information content (AvgIpc) is 2.58. The SMILES string of the molecule is C=COC(=O)CCCCCCC/C=C\CCCCCCCC.CC(=O)O. The van der Waals surface area contributed by atoms with Crippen molar-refractivity contribution < 1.29 is 19.4 Å². The van der Waals surface area contributed by atoms with Gasteiger partial charge in [0.05, 0.1) is 6.26 Å². The van der Waals surface area contributed by atoms with Crippen LogP contribution in [-0.2, 0) is 14.3 Å². The van der Waals surface area contributed by atoms with Gasteiger partial charge in [-0.15, -0.1) is 0 Å². The number of carboxylic acid groups (broad SMARTS) is 1. The summed E-state index contributed by atoms with van der Waals surface area (Å²) in [4.78, 5) is 20.1. The summed E-state index contributed by atoms with van der Waals surface area (Å²) in [7, 11) is 0. The third-order valence-electron chi connectivity index (χ3n) is 3.86. The van der Waals surface area contributed by atoms with Crippen molar-refractivity contribution in [2.24, 2.45) is 0 Å². The minimum atomic E-state index is -0.833. The van der Waals surface area contributed by atoms with Crippen molar-refractivity contribution in [1.29, 1.82) is 0 Å². The predicted octanol–water partition coefficient (Wildman–Crippen LogP) is 6.80. The minimum absolute atomic E-state index is 0.160. The number of ether oxygens (including phenoxy) is 1. The quantitative estimate of drug-likeness (QED) is 0.141. The topological polar surface area (TPSA) is 63.6 Å². The number of carbonyl (C=O) groups excluding carboxylic acids is 1. The molecule has 0 heterocycles. The molecule has 152 valence electrons. The zero-order valence-corrected chi connectivity index (χ0v) is 17.0. The molecule has 4 heteroatoms. The molecule has 1 N–H and O–H groups in total. The van der Waals surface area contributed by atoms with E-state index >= 15 is 0 Å². The molecule has 0 radical (unpaired) electrons. The molecule has 0 saturated heterocycles. The number of allylic oxidation sites excluding steroid dienone is 2. The molecule has 0 aromatic carbocycles. The van der Waals surface area contributed by atoms with Crippen LogP contribution in [0.15, 0.2) is 25.0 Å². The summed E-state index contributed by atoms with van der Waals surface area (Å²) in [6.07, 6.45) is 22.9. The van der Waals surface area contributed by atoms with Crippen molar-refractivity contribution in [2.75, 3.05) is 0 Å². The Hall–Kier alpha value is -1.58. The molecule has 0 spiro atoms. The Balaban J connectivity index is 0. The zero-order chi connectivity index (χ0) is 19.9. The molecular formula is C22H40O4. The first-order chi connectivity index (χ1) is 12.5. The standard InChI is InChI=1S/C20H36O2.C2H4O2/c1-3-5-6-7-8-9-10-11-12-13-14-15-16-17-18-19-20(21)22-4-2;1-2(3)4/h4,11-12H,2-3,5-10,13-19H2,1H3;1H3,(H,3,4)/b12-11-;. The van der Waals surface area contributed by atoms with Gasteiger partial charge in [-0.05, 0) is 32.1 Å². The van der Waals surface area contributed by atoms with E-state index in [9.17, 15) is 4.79 Å². The Morgan fingerprint density at radius 2 is 1.27 bits per heavy atom. The van der Waals surface area contributed by atoms with Gasteiger partial charge in [-0.2, -0.15) is 0 Å². The smallest absolute Gasteiger partial charge is 0.310 e. The number of unbranched alkanes of at least 4 members (excludes halogenated alkanes) is 11. The molecule has 0 unspecified atom stereocenters. The molecule has 0 aliphatic rings. The second-order valence-corrected chi connectivity index (χ2v) is 6.51. The fourth-order valence-electron chi connectivity index (χ4n) is 2.49. The molecular weight excluding hydrogens is 328 g/mol. The Morgan fingerprint density at radius 3 is 1.73 bits per heavy atom. The number of hydrogen-bond acceptors (Lipinski definition) is 3. The number of carboxylic acids is 1. The van der Waals surface area contributed by atoms with E-state index in [1.54, 1.807) is 0 Å². The fraction of sp³-hybridized carbons (Fsp3) is 0.727. The molecule has 0 atom stereocenters. The minimum Gasteiger partial charge on any atom is -0.481 e. The highest BCUT2D eigenvalue weighted by Crippen LogP contribution is 2.10. The monoisotopic (exact) mass is 368 g/mol. The van der Waals surface area contributed by atoms with E-state index in [2.05, 4.69) is 30.4 Å². The van der Waals surface area contributed by atoms with Crippen LogP contribution in [-0.4, -0.2) is 17.0 Å². The van der Waals surface area contributed by atoms with Gasteiger partial charge in [0, 0.05) is 13.3 Å². The van der Waals surface area contributed by atoms with Crippen molar-refractivity contribution in [3.63, 3.8) is 0 Å². The number of esters is 1. The van der Waals surface area contributed by atoms with Crippen LogP contribution >= 0.6 is 0 Å². The molecule has 4 nitrogen and oxygen atoms in total. The Bertz CT molecular complexity index is 357. The third kappa shape index (κ3) is 30.3. The van der Waals surface area contributed by atoms with Gasteiger partial charge in [0.25, 0.3) is 5.97 Å². The van der Waals surface area contributed by atoms with Crippen LogP contribution in [0.25, 0.3) is 0 Å². The highest BCUT2D eigenvalue weighted by molar-refractivity contribution is 5.69. The third-order valence-corrected chi connectivity index (χ3v) is 3.86. The molecule has 0 amide bonds. The summed E-state index contributed by atoms with van der Waals surface area (Å²) >= 11 is 0.